The molecule has 0 radical (unpaired) electrons. The van der Waals surface area contributed by atoms with Crippen LogP contribution in [0.25, 0.3) is 0 Å². The highest BCUT2D eigenvalue weighted by molar-refractivity contribution is 9.11. The standard InChI is InChI=1S/C12H12Br2N2O5/c13-7-1-2-9(8(14)3-7)15-10(17)4-16(5-11(18)19)6-12(20)21/h1-3H,4-6H2,(H,15,17)(H,18,19)(H,20,21). The lowest BCUT2D eigenvalue weighted by atomic mass is 10.3. The lowest BCUT2D eigenvalue weighted by Crippen LogP contribution is -2.40. The van der Waals surface area contributed by atoms with E-state index in [1.807, 2.05) is 0 Å². The van der Waals surface area contributed by atoms with Crippen LogP contribution in [0.4, 0.5) is 5.69 Å². The zero-order valence-corrected chi connectivity index (χ0v) is 13.8. The Morgan fingerprint density at radius 1 is 1.05 bits per heavy atom. The van der Waals surface area contributed by atoms with Crippen LogP contribution in [0.5, 0.6) is 0 Å². The highest BCUT2D eigenvalue weighted by Gasteiger charge is 2.17. The third-order valence-corrected chi connectivity index (χ3v) is 3.44. The maximum Gasteiger partial charge on any atom is 0.317 e. The van der Waals surface area contributed by atoms with Crippen molar-refractivity contribution < 1.29 is 24.6 Å². The summed E-state index contributed by atoms with van der Waals surface area (Å²) in [6, 6.07) is 5.12. The van der Waals surface area contributed by atoms with E-state index >= 15 is 0 Å². The zero-order valence-electron chi connectivity index (χ0n) is 10.7. The number of halogens is 2. The number of anilines is 1. The highest BCUT2D eigenvalue weighted by atomic mass is 79.9. The largest absolute Gasteiger partial charge is 0.480 e. The van der Waals surface area contributed by atoms with Crippen molar-refractivity contribution in [2.45, 2.75) is 0 Å². The lowest BCUT2D eigenvalue weighted by molar-refractivity contribution is -0.142. The summed E-state index contributed by atoms with van der Waals surface area (Å²) < 4.78 is 1.47. The Morgan fingerprint density at radius 3 is 2.10 bits per heavy atom. The number of amides is 1. The van der Waals surface area contributed by atoms with Crippen LogP contribution in [0.3, 0.4) is 0 Å². The van der Waals surface area contributed by atoms with Crippen LogP contribution in [0, 0.1) is 0 Å². The van der Waals surface area contributed by atoms with Gasteiger partial charge in [-0.15, -0.1) is 0 Å². The first kappa shape index (κ1) is 17.6. The number of carbonyl (C=O) groups excluding carboxylic acids is 1. The first-order chi connectivity index (χ1) is 9.77. The molecular weight excluding hydrogens is 412 g/mol. The molecule has 0 atom stereocenters. The van der Waals surface area contributed by atoms with Crippen LogP contribution in [0.2, 0.25) is 0 Å². The summed E-state index contributed by atoms with van der Waals surface area (Å²) in [6.07, 6.45) is 0. The van der Waals surface area contributed by atoms with Crippen LogP contribution in [-0.2, 0) is 14.4 Å². The molecule has 0 spiro atoms. The number of hydrogen-bond acceptors (Lipinski definition) is 4. The van der Waals surface area contributed by atoms with Gasteiger partial charge in [-0.2, -0.15) is 0 Å². The number of nitrogens with zero attached hydrogens (tertiary/aromatic N) is 1. The summed E-state index contributed by atoms with van der Waals surface area (Å²) in [5.41, 5.74) is 0.508. The number of benzene rings is 1. The third-order valence-electron chi connectivity index (χ3n) is 2.29. The van der Waals surface area contributed by atoms with E-state index in [0.717, 1.165) is 9.37 Å². The molecule has 114 valence electrons. The molecule has 0 saturated carbocycles. The fraction of sp³-hybridized carbons (Fsp3) is 0.250. The number of aliphatic carboxylic acids is 2. The topological polar surface area (TPSA) is 107 Å². The Kier molecular flexibility index (Phi) is 6.79. The molecule has 0 aromatic heterocycles. The van der Waals surface area contributed by atoms with Crippen molar-refractivity contribution in [2.24, 2.45) is 0 Å². The molecule has 7 nitrogen and oxygen atoms in total. The van der Waals surface area contributed by atoms with Gasteiger partial charge in [-0.1, -0.05) is 15.9 Å². The Hall–Kier alpha value is -1.45. The van der Waals surface area contributed by atoms with Gasteiger partial charge in [0.15, 0.2) is 0 Å². The van der Waals surface area contributed by atoms with E-state index in [1.54, 1.807) is 18.2 Å². The van der Waals surface area contributed by atoms with E-state index < -0.39 is 30.9 Å². The first-order valence-corrected chi connectivity index (χ1v) is 7.27. The molecule has 0 saturated heterocycles. The van der Waals surface area contributed by atoms with Crippen LogP contribution in [-0.4, -0.2) is 52.6 Å². The quantitative estimate of drug-likeness (QED) is 0.615. The first-order valence-electron chi connectivity index (χ1n) is 5.68. The number of hydrogen-bond donors (Lipinski definition) is 3. The number of carbonyl (C=O) groups is 3. The van der Waals surface area contributed by atoms with E-state index in [0.29, 0.717) is 10.2 Å². The zero-order chi connectivity index (χ0) is 16.0. The average Bonchev–Trinajstić information content (AvgIpc) is 2.30. The lowest BCUT2D eigenvalue weighted by Gasteiger charge is -2.17. The molecule has 3 N–H and O–H groups in total. The van der Waals surface area contributed by atoms with Crippen LogP contribution < -0.4 is 5.32 Å². The predicted molar refractivity (Wildman–Crippen MR) is 82.2 cm³/mol. The van der Waals surface area contributed by atoms with Gasteiger partial charge >= 0.3 is 11.9 Å². The molecule has 0 aliphatic heterocycles. The number of carboxylic acids is 2. The summed E-state index contributed by atoms with van der Waals surface area (Å²) in [5, 5.41) is 20.0. The molecular formula is C12H12Br2N2O5. The van der Waals surface area contributed by atoms with Gasteiger partial charge in [0, 0.05) is 8.95 Å². The van der Waals surface area contributed by atoms with Gasteiger partial charge < -0.3 is 15.5 Å². The van der Waals surface area contributed by atoms with Crippen LogP contribution in [0.15, 0.2) is 27.1 Å². The molecule has 21 heavy (non-hydrogen) atoms. The van der Waals surface area contributed by atoms with Gasteiger partial charge in [-0.3, -0.25) is 19.3 Å². The van der Waals surface area contributed by atoms with E-state index in [2.05, 4.69) is 37.2 Å². The smallest absolute Gasteiger partial charge is 0.317 e. The van der Waals surface area contributed by atoms with Crippen molar-refractivity contribution in [1.29, 1.82) is 0 Å². The van der Waals surface area contributed by atoms with Crippen molar-refractivity contribution in [1.82, 2.24) is 4.90 Å². The summed E-state index contributed by atoms with van der Waals surface area (Å²) in [4.78, 5) is 34.2. The van der Waals surface area contributed by atoms with Crippen LogP contribution in [0.1, 0.15) is 0 Å². The molecule has 0 unspecified atom stereocenters. The second kappa shape index (κ2) is 8.11. The normalized spacial score (nSPS) is 10.4. The fourth-order valence-corrected chi connectivity index (χ4v) is 2.68. The minimum atomic E-state index is -1.20. The maximum atomic E-state index is 11.9. The molecule has 0 aliphatic rings. The van der Waals surface area contributed by atoms with E-state index in [1.165, 1.54) is 0 Å². The molecule has 1 rings (SSSR count). The highest BCUT2D eigenvalue weighted by Crippen LogP contribution is 2.26. The van der Waals surface area contributed by atoms with Gasteiger partial charge in [0.25, 0.3) is 0 Å². The van der Waals surface area contributed by atoms with E-state index in [9.17, 15) is 14.4 Å². The predicted octanol–water partition coefficient (Wildman–Crippen LogP) is 1.62. The van der Waals surface area contributed by atoms with Crippen molar-refractivity contribution in [3.05, 3.63) is 27.1 Å². The van der Waals surface area contributed by atoms with Gasteiger partial charge in [0.05, 0.1) is 25.3 Å². The van der Waals surface area contributed by atoms with Crippen molar-refractivity contribution in [3.63, 3.8) is 0 Å². The van der Waals surface area contributed by atoms with Gasteiger partial charge in [0.1, 0.15) is 0 Å². The molecule has 1 aromatic rings. The second-order valence-corrected chi connectivity index (χ2v) is 5.87. The summed E-state index contributed by atoms with van der Waals surface area (Å²) in [7, 11) is 0. The Labute approximate surface area is 137 Å². The molecule has 1 aromatic carbocycles. The van der Waals surface area contributed by atoms with Crippen molar-refractivity contribution in [3.8, 4) is 0 Å². The van der Waals surface area contributed by atoms with Gasteiger partial charge in [0.2, 0.25) is 5.91 Å². The monoisotopic (exact) mass is 422 g/mol. The molecule has 1 amide bonds. The number of rotatable bonds is 7. The molecule has 0 heterocycles. The average molecular weight is 424 g/mol. The molecule has 0 bridgehead atoms. The van der Waals surface area contributed by atoms with Gasteiger partial charge in [-0.05, 0) is 34.1 Å². The number of carboxylic acid groups (broad SMARTS) is 2. The minimum absolute atomic E-state index is 0.332. The number of nitrogens with one attached hydrogen (secondary N) is 1. The third kappa shape index (κ3) is 6.69. The van der Waals surface area contributed by atoms with Crippen LogP contribution >= 0.6 is 31.9 Å². The Morgan fingerprint density at radius 2 is 1.62 bits per heavy atom. The van der Waals surface area contributed by atoms with E-state index in [4.69, 9.17) is 10.2 Å². The minimum Gasteiger partial charge on any atom is -0.480 e. The fourth-order valence-electron chi connectivity index (χ4n) is 1.53. The Bertz CT molecular complexity index is 549. The van der Waals surface area contributed by atoms with Gasteiger partial charge in [-0.25, -0.2) is 0 Å². The Balaban J connectivity index is 2.68. The van der Waals surface area contributed by atoms with Crippen molar-refractivity contribution in [2.75, 3.05) is 25.0 Å². The SMILES string of the molecule is O=C(O)CN(CC(=O)O)CC(=O)Nc1ccc(Br)cc1Br. The molecule has 0 fully saturated rings. The summed E-state index contributed by atoms with van der Waals surface area (Å²) in [6.45, 7) is -1.39. The second-order valence-electron chi connectivity index (χ2n) is 4.10. The maximum absolute atomic E-state index is 11.9. The summed E-state index contributed by atoms with van der Waals surface area (Å²) in [5.74, 6) is -2.90. The molecule has 9 heteroatoms. The molecule has 0 aliphatic carbocycles. The van der Waals surface area contributed by atoms with E-state index in [-0.39, 0.29) is 6.54 Å². The summed E-state index contributed by atoms with van der Waals surface area (Å²) >= 11 is 6.55. The van der Waals surface area contributed by atoms with Crippen molar-refractivity contribution >= 4 is 55.4 Å².